The molecule has 0 aromatic carbocycles. The van der Waals surface area contributed by atoms with E-state index in [4.69, 9.17) is 4.52 Å². The van der Waals surface area contributed by atoms with Crippen LogP contribution in [-0.2, 0) is 0 Å². The van der Waals surface area contributed by atoms with Gasteiger partial charge < -0.3 is 14.3 Å². The van der Waals surface area contributed by atoms with Gasteiger partial charge >= 0.3 is 0 Å². The number of carbonyl (C=O) groups excluding carboxylic acids is 1. The molecule has 0 radical (unpaired) electrons. The topological polar surface area (TPSA) is 75.4 Å². The Kier molecular flexibility index (Phi) is 3.16. The third kappa shape index (κ3) is 2.43. The number of nitrogens with zero attached hydrogens (tertiary/aromatic N) is 5. The van der Waals surface area contributed by atoms with E-state index in [0.29, 0.717) is 24.5 Å². The van der Waals surface area contributed by atoms with Gasteiger partial charge in [-0.2, -0.15) is 8.75 Å². The second-order valence-corrected chi connectivity index (χ2v) is 4.92. The van der Waals surface area contributed by atoms with Gasteiger partial charge in [0.15, 0.2) is 11.5 Å². The van der Waals surface area contributed by atoms with Crippen molar-refractivity contribution in [1.82, 2.24) is 18.8 Å². The summed E-state index contributed by atoms with van der Waals surface area (Å²) < 4.78 is 13.1. The van der Waals surface area contributed by atoms with Gasteiger partial charge in [-0.05, 0) is 6.92 Å². The monoisotopic (exact) mass is 279 g/mol. The first-order chi connectivity index (χ1) is 9.24. The molecule has 1 fully saturated rings. The molecule has 0 atom stereocenters. The lowest BCUT2D eigenvalue weighted by Gasteiger charge is -2.34. The Labute approximate surface area is 114 Å². The number of rotatable bonds is 2. The Balaban J connectivity index is 1.62. The Morgan fingerprint density at radius 3 is 2.74 bits per heavy atom. The largest absolute Gasteiger partial charge is 0.361 e. The molecule has 0 N–H and O–H groups in total. The standard InChI is InChI=1S/C11H13N5O2S/c1-8-6-9(13-18-8)11(17)16-4-2-15(3-5-16)10-7-12-19-14-10/h6-7H,2-5H2,1H3. The summed E-state index contributed by atoms with van der Waals surface area (Å²) in [5.41, 5.74) is 0.376. The minimum atomic E-state index is -0.0760. The van der Waals surface area contributed by atoms with Gasteiger partial charge in [-0.15, -0.1) is 0 Å². The molecule has 0 bridgehead atoms. The normalized spacial score (nSPS) is 15.8. The van der Waals surface area contributed by atoms with E-state index < -0.39 is 0 Å². The minimum Gasteiger partial charge on any atom is -0.361 e. The van der Waals surface area contributed by atoms with Crippen LogP contribution in [0, 0.1) is 6.92 Å². The number of hydrogen-bond acceptors (Lipinski definition) is 7. The highest BCUT2D eigenvalue weighted by molar-refractivity contribution is 6.99. The van der Waals surface area contributed by atoms with Crippen molar-refractivity contribution in [3.05, 3.63) is 23.7 Å². The van der Waals surface area contributed by atoms with E-state index in [-0.39, 0.29) is 5.91 Å². The van der Waals surface area contributed by atoms with Crippen molar-refractivity contribution in [3.8, 4) is 0 Å². The zero-order chi connectivity index (χ0) is 13.2. The zero-order valence-electron chi connectivity index (χ0n) is 10.4. The number of anilines is 1. The first-order valence-electron chi connectivity index (χ1n) is 5.99. The highest BCUT2D eigenvalue weighted by Gasteiger charge is 2.24. The molecule has 1 saturated heterocycles. The lowest BCUT2D eigenvalue weighted by molar-refractivity contribution is 0.0736. The highest BCUT2D eigenvalue weighted by atomic mass is 32.1. The predicted molar refractivity (Wildman–Crippen MR) is 69.3 cm³/mol. The van der Waals surface area contributed by atoms with Crippen molar-refractivity contribution in [2.45, 2.75) is 6.92 Å². The van der Waals surface area contributed by atoms with Gasteiger partial charge in [0.05, 0.1) is 17.9 Å². The van der Waals surface area contributed by atoms with Crippen LogP contribution in [0.2, 0.25) is 0 Å². The summed E-state index contributed by atoms with van der Waals surface area (Å²) in [6.07, 6.45) is 1.75. The summed E-state index contributed by atoms with van der Waals surface area (Å²) in [7, 11) is 0. The maximum Gasteiger partial charge on any atom is 0.276 e. The number of amides is 1. The van der Waals surface area contributed by atoms with Crippen molar-refractivity contribution in [2.75, 3.05) is 31.1 Å². The molecule has 0 unspecified atom stereocenters. The number of piperazine rings is 1. The molecule has 100 valence electrons. The Bertz CT molecular complexity index is 559. The van der Waals surface area contributed by atoms with Gasteiger partial charge in [0.25, 0.3) is 5.91 Å². The van der Waals surface area contributed by atoms with Gasteiger partial charge in [-0.3, -0.25) is 4.79 Å². The number of aromatic nitrogens is 3. The van der Waals surface area contributed by atoms with E-state index in [1.165, 1.54) is 11.7 Å². The van der Waals surface area contributed by atoms with E-state index >= 15 is 0 Å². The van der Waals surface area contributed by atoms with E-state index in [1.807, 2.05) is 0 Å². The molecular weight excluding hydrogens is 266 g/mol. The van der Waals surface area contributed by atoms with Crippen molar-refractivity contribution in [3.63, 3.8) is 0 Å². The summed E-state index contributed by atoms with van der Waals surface area (Å²) in [6, 6.07) is 1.67. The summed E-state index contributed by atoms with van der Waals surface area (Å²) in [5.74, 6) is 1.46. The molecule has 0 spiro atoms. The van der Waals surface area contributed by atoms with Crippen LogP contribution in [0.25, 0.3) is 0 Å². The lowest BCUT2D eigenvalue weighted by Crippen LogP contribution is -2.49. The van der Waals surface area contributed by atoms with Gasteiger partial charge in [0.2, 0.25) is 0 Å². The Hall–Kier alpha value is -1.96. The summed E-state index contributed by atoms with van der Waals surface area (Å²) in [6.45, 7) is 4.60. The van der Waals surface area contributed by atoms with Crippen molar-refractivity contribution >= 4 is 23.5 Å². The van der Waals surface area contributed by atoms with Crippen molar-refractivity contribution < 1.29 is 9.32 Å². The number of hydrogen-bond donors (Lipinski definition) is 0. The van der Waals surface area contributed by atoms with Gasteiger partial charge in [0.1, 0.15) is 5.76 Å². The molecule has 0 saturated carbocycles. The SMILES string of the molecule is Cc1cc(C(=O)N2CCN(c3cnsn3)CC2)no1. The van der Waals surface area contributed by atoms with Crippen molar-refractivity contribution in [2.24, 2.45) is 0 Å². The fourth-order valence-corrected chi connectivity index (χ4v) is 2.50. The molecule has 2 aromatic rings. The number of carbonyl (C=O) groups is 1. The van der Waals surface area contributed by atoms with Gasteiger partial charge in [0, 0.05) is 32.2 Å². The zero-order valence-corrected chi connectivity index (χ0v) is 11.3. The highest BCUT2D eigenvalue weighted by Crippen LogP contribution is 2.15. The van der Waals surface area contributed by atoms with E-state index in [0.717, 1.165) is 18.9 Å². The third-order valence-electron chi connectivity index (χ3n) is 3.09. The summed E-state index contributed by atoms with van der Waals surface area (Å²) in [5, 5.41) is 3.76. The molecule has 1 amide bonds. The maximum atomic E-state index is 12.2. The van der Waals surface area contributed by atoms with Crippen LogP contribution in [0.3, 0.4) is 0 Å². The fourth-order valence-electron chi connectivity index (χ4n) is 2.07. The van der Waals surface area contributed by atoms with Crippen LogP contribution in [-0.4, -0.2) is 50.9 Å². The molecule has 7 nitrogen and oxygen atoms in total. The molecule has 8 heteroatoms. The van der Waals surface area contributed by atoms with Crippen LogP contribution < -0.4 is 4.90 Å². The maximum absolute atomic E-state index is 12.2. The lowest BCUT2D eigenvalue weighted by atomic mass is 10.2. The smallest absolute Gasteiger partial charge is 0.276 e. The first kappa shape index (κ1) is 12.1. The minimum absolute atomic E-state index is 0.0760. The van der Waals surface area contributed by atoms with Crippen LogP contribution in [0.1, 0.15) is 16.2 Å². The summed E-state index contributed by atoms with van der Waals surface area (Å²) in [4.78, 5) is 16.1. The Morgan fingerprint density at radius 2 is 2.16 bits per heavy atom. The van der Waals surface area contributed by atoms with E-state index in [1.54, 1.807) is 24.1 Å². The second-order valence-electron chi connectivity index (χ2n) is 4.37. The molecule has 1 aliphatic heterocycles. The number of aryl methyl sites for hydroxylation is 1. The van der Waals surface area contributed by atoms with Crippen molar-refractivity contribution in [1.29, 1.82) is 0 Å². The molecule has 3 rings (SSSR count). The molecule has 19 heavy (non-hydrogen) atoms. The van der Waals surface area contributed by atoms with Crippen LogP contribution >= 0.6 is 11.7 Å². The molecule has 3 heterocycles. The molecule has 0 aliphatic carbocycles. The second kappa shape index (κ2) is 4.96. The first-order valence-corrected chi connectivity index (χ1v) is 6.72. The van der Waals surface area contributed by atoms with Gasteiger partial charge in [-0.1, -0.05) is 5.16 Å². The fraction of sp³-hybridized carbons (Fsp3) is 0.455. The average Bonchev–Trinajstić information content (AvgIpc) is 3.09. The quantitative estimate of drug-likeness (QED) is 0.809. The average molecular weight is 279 g/mol. The van der Waals surface area contributed by atoms with Gasteiger partial charge in [-0.25, -0.2) is 0 Å². The molecule has 1 aliphatic rings. The van der Waals surface area contributed by atoms with E-state index in [9.17, 15) is 4.79 Å². The van der Waals surface area contributed by atoms with Crippen LogP contribution in [0.4, 0.5) is 5.82 Å². The van der Waals surface area contributed by atoms with Crippen LogP contribution in [0.15, 0.2) is 16.8 Å². The summed E-state index contributed by atoms with van der Waals surface area (Å²) >= 11 is 1.20. The third-order valence-corrected chi connectivity index (χ3v) is 3.56. The molecule has 2 aromatic heterocycles. The predicted octanol–water partition coefficient (Wildman–Crippen LogP) is 0.797. The molecular formula is C11H13N5O2S. The van der Waals surface area contributed by atoms with Crippen LogP contribution in [0.5, 0.6) is 0 Å². The van der Waals surface area contributed by atoms with E-state index in [2.05, 4.69) is 18.8 Å². The Morgan fingerprint density at radius 1 is 1.37 bits per heavy atom.